The van der Waals surface area contributed by atoms with Crippen LogP contribution in [0.3, 0.4) is 0 Å². The Morgan fingerprint density at radius 1 is 1.17 bits per heavy atom. The molecule has 0 spiro atoms. The molecule has 1 heterocycles. The van der Waals surface area contributed by atoms with E-state index in [1.54, 1.807) is 0 Å². The highest BCUT2D eigenvalue weighted by atomic mass is 15.1. The zero-order valence-electron chi connectivity index (χ0n) is 14.8. The Balaban J connectivity index is 2.06. The summed E-state index contributed by atoms with van der Waals surface area (Å²) >= 11 is 0. The maximum absolute atomic E-state index is 3.91. The number of hydrogen-bond acceptors (Lipinski definition) is 1. The standard InChI is InChI=1S/C21H30N2/c1-5-13-22(15-12-18(2)3)17-21-11-8-14-23(21)16-20-10-7-6-9-19(20)4/h5-11,14,18H,1,12-13,15-17H2,2-4H3. The summed E-state index contributed by atoms with van der Waals surface area (Å²) in [5.74, 6) is 0.737. The number of aromatic nitrogens is 1. The van der Waals surface area contributed by atoms with Crippen molar-refractivity contribution in [3.63, 3.8) is 0 Å². The fourth-order valence-electron chi connectivity index (χ4n) is 2.81. The molecule has 0 saturated heterocycles. The quantitative estimate of drug-likeness (QED) is 0.599. The highest BCUT2D eigenvalue weighted by molar-refractivity contribution is 5.26. The second kappa shape index (κ2) is 8.73. The van der Waals surface area contributed by atoms with Crippen molar-refractivity contribution in [2.45, 2.75) is 40.3 Å². The van der Waals surface area contributed by atoms with Gasteiger partial charge in [-0.2, -0.15) is 0 Å². The first-order chi connectivity index (χ1) is 11.1. The molecule has 0 fully saturated rings. The molecule has 0 N–H and O–H groups in total. The molecule has 0 radical (unpaired) electrons. The van der Waals surface area contributed by atoms with Gasteiger partial charge in [0.1, 0.15) is 0 Å². The lowest BCUT2D eigenvalue weighted by Crippen LogP contribution is -2.26. The van der Waals surface area contributed by atoms with E-state index in [0.717, 1.165) is 32.1 Å². The monoisotopic (exact) mass is 310 g/mol. The Morgan fingerprint density at radius 3 is 2.65 bits per heavy atom. The summed E-state index contributed by atoms with van der Waals surface area (Å²) in [6.07, 6.45) is 5.43. The van der Waals surface area contributed by atoms with Crippen molar-refractivity contribution in [3.8, 4) is 0 Å². The van der Waals surface area contributed by atoms with E-state index in [0.29, 0.717) is 0 Å². The summed E-state index contributed by atoms with van der Waals surface area (Å²) < 4.78 is 2.37. The third-order valence-corrected chi connectivity index (χ3v) is 4.32. The SMILES string of the molecule is C=CCN(CCC(C)C)Cc1cccn1Cc1ccccc1C. The second-order valence-electron chi connectivity index (χ2n) is 6.76. The van der Waals surface area contributed by atoms with Crippen LogP contribution in [0.5, 0.6) is 0 Å². The molecule has 0 amide bonds. The molecule has 0 aliphatic heterocycles. The highest BCUT2D eigenvalue weighted by Crippen LogP contribution is 2.14. The lowest BCUT2D eigenvalue weighted by Gasteiger charge is -2.23. The zero-order valence-corrected chi connectivity index (χ0v) is 14.8. The van der Waals surface area contributed by atoms with Crippen LogP contribution in [-0.2, 0) is 13.1 Å². The van der Waals surface area contributed by atoms with Crippen molar-refractivity contribution in [1.82, 2.24) is 9.47 Å². The average molecular weight is 310 g/mol. The predicted octanol–water partition coefficient (Wildman–Crippen LogP) is 4.88. The van der Waals surface area contributed by atoms with Gasteiger partial charge in [-0.3, -0.25) is 4.90 Å². The molecule has 0 saturated carbocycles. The lowest BCUT2D eigenvalue weighted by atomic mass is 10.1. The first-order valence-electron chi connectivity index (χ1n) is 8.62. The number of hydrogen-bond donors (Lipinski definition) is 0. The van der Waals surface area contributed by atoms with Crippen LogP contribution in [0.2, 0.25) is 0 Å². The van der Waals surface area contributed by atoms with Crippen molar-refractivity contribution >= 4 is 0 Å². The maximum Gasteiger partial charge on any atom is 0.0476 e. The molecule has 2 rings (SSSR count). The molecule has 23 heavy (non-hydrogen) atoms. The molecule has 1 aromatic carbocycles. The van der Waals surface area contributed by atoms with Crippen molar-refractivity contribution < 1.29 is 0 Å². The summed E-state index contributed by atoms with van der Waals surface area (Å²) in [5.41, 5.74) is 4.12. The molecule has 0 bridgehead atoms. The third kappa shape index (κ3) is 5.40. The number of benzene rings is 1. The van der Waals surface area contributed by atoms with Crippen LogP contribution < -0.4 is 0 Å². The Hall–Kier alpha value is -1.80. The molecule has 124 valence electrons. The largest absolute Gasteiger partial charge is 0.346 e. The van der Waals surface area contributed by atoms with Crippen LogP contribution in [0.25, 0.3) is 0 Å². The fourth-order valence-corrected chi connectivity index (χ4v) is 2.81. The maximum atomic E-state index is 3.91. The van der Waals surface area contributed by atoms with Gasteiger partial charge in [0.15, 0.2) is 0 Å². The van der Waals surface area contributed by atoms with E-state index in [1.165, 1.54) is 23.2 Å². The van der Waals surface area contributed by atoms with Crippen molar-refractivity contribution in [3.05, 3.63) is 72.1 Å². The second-order valence-corrected chi connectivity index (χ2v) is 6.76. The molecule has 0 aliphatic carbocycles. The Labute approximate surface area is 141 Å². The first kappa shape index (κ1) is 17.6. The van der Waals surface area contributed by atoms with Crippen molar-refractivity contribution in [2.75, 3.05) is 13.1 Å². The van der Waals surface area contributed by atoms with E-state index in [-0.39, 0.29) is 0 Å². The van der Waals surface area contributed by atoms with Gasteiger partial charge in [-0.05, 0) is 49.1 Å². The van der Waals surface area contributed by atoms with E-state index in [9.17, 15) is 0 Å². The van der Waals surface area contributed by atoms with Gasteiger partial charge in [-0.25, -0.2) is 0 Å². The Bertz CT molecular complexity index is 610. The van der Waals surface area contributed by atoms with Gasteiger partial charge in [-0.15, -0.1) is 6.58 Å². The number of nitrogens with zero attached hydrogens (tertiary/aromatic N) is 2. The third-order valence-electron chi connectivity index (χ3n) is 4.32. The molecular weight excluding hydrogens is 280 g/mol. The number of aryl methyl sites for hydroxylation is 1. The van der Waals surface area contributed by atoms with E-state index >= 15 is 0 Å². The van der Waals surface area contributed by atoms with Crippen LogP contribution in [0.4, 0.5) is 0 Å². The molecule has 0 aliphatic rings. The van der Waals surface area contributed by atoms with Crippen LogP contribution in [-0.4, -0.2) is 22.6 Å². The minimum Gasteiger partial charge on any atom is -0.346 e. The van der Waals surface area contributed by atoms with E-state index in [4.69, 9.17) is 0 Å². The summed E-state index contributed by atoms with van der Waals surface area (Å²) in [7, 11) is 0. The molecular formula is C21H30N2. The summed E-state index contributed by atoms with van der Waals surface area (Å²) in [5, 5.41) is 0. The molecule has 0 atom stereocenters. The Kier molecular flexibility index (Phi) is 6.66. The summed E-state index contributed by atoms with van der Waals surface area (Å²) in [4.78, 5) is 2.48. The van der Waals surface area contributed by atoms with Gasteiger partial charge >= 0.3 is 0 Å². The van der Waals surface area contributed by atoms with Crippen LogP contribution in [0.15, 0.2) is 55.3 Å². The molecule has 0 unspecified atom stereocenters. The fraction of sp³-hybridized carbons (Fsp3) is 0.429. The smallest absolute Gasteiger partial charge is 0.0476 e. The van der Waals surface area contributed by atoms with Crippen molar-refractivity contribution in [2.24, 2.45) is 5.92 Å². The molecule has 2 nitrogen and oxygen atoms in total. The van der Waals surface area contributed by atoms with Crippen molar-refractivity contribution in [1.29, 1.82) is 0 Å². The van der Waals surface area contributed by atoms with Gasteiger partial charge in [0, 0.05) is 31.5 Å². The van der Waals surface area contributed by atoms with Crippen LogP contribution in [0, 0.1) is 12.8 Å². The van der Waals surface area contributed by atoms with Gasteiger partial charge in [0.25, 0.3) is 0 Å². The lowest BCUT2D eigenvalue weighted by molar-refractivity contribution is 0.269. The van der Waals surface area contributed by atoms with Gasteiger partial charge in [0.05, 0.1) is 0 Å². The van der Waals surface area contributed by atoms with Crippen LogP contribution >= 0.6 is 0 Å². The Morgan fingerprint density at radius 2 is 1.96 bits per heavy atom. The van der Waals surface area contributed by atoms with E-state index < -0.39 is 0 Å². The van der Waals surface area contributed by atoms with E-state index in [2.05, 4.69) is 79.4 Å². The number of rotatable bonds is 9. The molecule has 2 aromatic rings. The minimum absolute atomic E-state index is 0.737. The summed E-state index contributed by atoms with van der Waals surface area (Å²) in [6, 6.07) is 13.0. The zero-order chi connectivity index (χ0) is 16.7. The van der Waals surface area contributed by atoms with Gasteiger partial charge in [-0.1, -0.05) is 44.2 Å². The minimum atomic E-state index is 0.737. The van der Waals surface area contributed by atoms with Gasteiger partial charge < -0.3 is 4.57 Å². The normalized spacial score (nSPS) is 11.3. The topological polar surface area (TPSA) is 8.17 Å². The first-order valence-corrected chi connectivity index (χ1v) is 8.62. The summed E-state index contributed by atoms with van der Waals surface area (Å²) in [6.45, 7) is 14.7. The molecule has 2 heteroatoms. The van der Waals surface area contributed by atoms with Crippen LogP contribution in [0.1, 0.15) is 37.1 Å². The average Bonchev–Trinajstić information content (AvgIpc) is 2.94. The predicted molar refractivity (Wildman–Crippen MR) is 99.6 cm³/mol. The van der Waals surface area contributed by atoms with E-state index in [1.807, 2.05) is 6.08 Å². The highest BCUT2D eigenvalue weighted by Gasteiger charge is 2.09. The van der Waals surface area contributed by atoms with Gasteiger partial charge in [0.2, 0.25) is 0 Å². The molecule has 1 aromatic heterocycles.